The first kappa shape index (κ1) is 15.4. The van der Waals surface area contributed by atoms with Gasteiger partial charge in [0.15, 0.2) is 0 Å². The van der Waals surface area contributed by atoms with Gasteiger partial charge >= 0.3 is 0 Å². The van der Waals surface area contributed by atoms with E-state index in [-0.39, 0.29) is 18.0 Å². The Morgan fingerprint density at radius 1 is 1.20 bits per heavy atom. The Morgan fingerprint density at radius 3 is 2.45 bits per heavy atom. The van der Waals surface area contributed by atoms with Crippen LogP contribution in [0.2, 0.25) is 0 Å². The Balaban J connectivity index is 2.11. The first-order valence-electron chi connectivity index (χ1n) is 6.84. The summed E-state index contributed by atoms with van der Waals surface area (Å²) < 4.78 is 40.3. The second-order valence-electron chi connectivity index (χ2n) is 5.47. The predicted molar refractivity (Wildman–Crippen MR) is 74.2 cm³/mol. The third kappa shape index (κ3) is 3.37. The molecule has 1 aromatic rings. The van der Waals surface area contributed by atoms with Crippen molar-refractivity contribution in [1.29, 1.82) is 0 Å². The van der Waals surface area contributed by atoms with Crippen molar-refractivity contribution >= 4 is 10.0 Å². The Labute approximate surface area is 119 Å². The van der Waals surface area contributed by atoms with Crippen molar-refractivity contribution in [3.8, 4) is 0 Å². The number of sulfonamides is 1. The molecule has 1 fully saturated rings. The standard InChI is InChI=1S/C14H20FNO3S/c15-12-6-2-3-7-13(12)20(18,19)16-10-14(11-17)8-4-1-5-9-14/h2-3,6-7,16-17H,1,4-5,8-11H2. The molecule has 0 heterocycles. The second kappa shape index (κ2) is 6.20. The van der Waals surface area contributed by atoms with Gasteiger partial charge in [-0.25, -0.2) is 17.5 Å². The van der Waals surface area contributed by atoms with Gasteiger partial charge in [0.2, 0.25) is 10.0 Å². The predicted octanol–water partition coefficient (Wildman–Crippen LogP) is 2.05. The zero-order chi connectivity index (χ0) is 14.6. The smallest absolute Gasteiger partial charge is 0.243 e. The molecule has 0 bridgehead atoms. The van der Waals surface area contributed by atoms with Gasteiger partial charge in [0.1, 0.15) is 10.7 Å². The lowest BCUT2D eigenvalue weighted by Gasteiger charge is -2.35. The summed E-state index contributed by atoms with van der Waals surface area (Å²) in [6.07, 6.45) is 4.68. The molecule has 0 unspecified atom stereocenters. The van der Waals surface area contributed by atoms with Crippen molar-refractivity contribution in [3.63, 3.8) is 0 Å². The van der Waals surface area contributed by atoms with Crippen molar-refractivity contribution in [2.24, 2.45) is 5.41 Å². The van der Waals surface area contributed by atoms with E-state index in [1.54, 1.807) is 0 Å². The van der Waals surface area contributed by atoms with E-state index < -0.39 is 21.3 Å². The molecule has 1 aliphatic carbocycles. The Morgan fingerprint density at radius 2 is 1.85 bits per heavy atom. The molecule has 1 aromatic carbocycles. The topological polar surface area (TPSA) is 66.4 Å². The van der Waals surface area contributed by atoms with Gasteiger partial charge in [0.25, 0.3) is 0 Å². The molecule has 0 amide bonds. The lowest BCUT2D eigenvalue weighted by molar-refractivity contribution is 0.0867. The van der Waals surface area contributed by atoms with Gasteiger partial charge in [-0.15, -0.1) is 0 Å². The number of benzene rings is 1. The van der Waals surface area contributed by atoms with E-state index >= 15 is 0 Å². The molecule has 2 N–H and O–H groups in total. The van der Waals surface area contributed by atoms with Gasteiger partial charge in [0, 0.05) is 18.6 Å². The van der Waals surface area contributed by atoms with Crippen LogP contribution in [0.25, 0.3) is 0 Å². The minimum Gasteiger partial charge on any atom is -0.396 e. The van der Waals surface area contributed by atoms with E-state index in [9.17, 15) is 17.9 Å². The monoisotopic (exact) mass is 301 g/mol. The molecule has 0 aliphatic heterocycles. The number of hydrogen-bond acceptors (Lipinski definition) is 3. The van der Waals surface area contributed by atoms with Crippen molar-refractivity contribution in [3.05, 3.63) is 30.1 Å². The molecule has 20 heavy (non-hydrogen) atoms. The van der Waals surface area contributed by atoms with Crippen LogP contribution < -0.4 is 4.72 Å². The highest BCUT2D eigenvalue weighted by Crippen LogP contribution is 2.35. The van der Waals surface area contributed by atoms with Crippen LogP contribution in [0.5, 0.6) is 0 Å². The third-order valence-corrected chi connectivity index (χ3v) is 5.45. The van der Waals surface area contributed by atoms with Gasteiger partial charge in [0.05, 0.1) is 0 Å². The molecule has 1 saturated carbocycles. The van der Waals surface area contributed by atoms with E-state index in [4.69, 9.17) is 0 Å². The number of aliphatic hydroxyl groups excluding tert-OH is 1. The summed E-state index contributed by atoms with van der Waals surface area (Å²) in [4.78, 5) is -0.344. The first-order valence-corrected chi connectivity index (χ1v) is 8.33. The maximum absolute atomic E-state index is 13.6. The van der Waals surface area contributed by atoms with Crippen LogP contribution in [0, 0.1) is 11.2 Å². The number of hydrogen-bond donors (Lipinski definition) is 2. The quantitative estimate of drug-likeness (QED) is 0.874. The lowest BCUT2D eigenvalue weighted by Crippen LogP contribution is -2.41. The fourth-order valence-electron chi connectivity index (χ4n) is 2.68. The minimum atomic E-state index is -3.87. The Hall–Kier alpha value is -0.980. The molecule has 1 aliphatic rings. The van der Waals surface area contributed by atoms with Crippen LogP contribution in [0.15, 0.2) is 29.2 Å². The molecule has 0 atom stereocenters. The minimum absolute atomic E-state index is 0.0488. The fourth-order valence-corrected chi connectivity index (χ4v) is 3.92. The Kier molecular flexibility index (Phi) is 4.78. The molecule has 112 valence electrons. The maximum Gasteiger partial charge on any atom is 0.243 e. The average Bonchev–Trinajstić information content (AvgIpc) is 2.47. The van der Waals surface area contributed by atoms with E-state index in [0.717, 1.165) is 38.2 Å². The van der Waals surface area contributed by atoms with E-state index in [2.05, 4.69) is 4.72 Å². The zero-order valence-electron chi connectivity index (χ0n) is 11.3. The third-order valence-electron chi connectivity index (χ3n) is 4.01. The molecule has 0 saturated heterocycles. The molecular weight excluding hydrogens is 281 g/mol. The zero-order valence-corrected chi connectivity index (χ0v) is 12.1. The highest BCUT2D eigenvalue weighted by Gasteiger charge is 2.33. The highest BCUT2D eigenvalue weighted by atomic mass is 32.2. The maximum atomic E-state index is 13.6. The number of aliphatic hydroxyl groups is 1. The summed E-state index contributed by atoms with van der Waals surface area (Å²) in [5.41, 5.74) is -0.406. The normalized spacial score (nSPS) is 18.9. The van der Waals surface area contributed by atoms with Crippen LogP contribution in [-0.2, 0) is 10.0 Å². The number of rotatable bonds is 5. The molecule has 0 radical (unpaired) electrons. The molecule has 0 aromatic heterocycles. The van der Waals surface area contributed by atoms with Crippen molar-refractivity contribution < 1.29 is 17.9 Å². The van der Waals surface area contributed by atoms with E-state index in [1.165, 1.54) is 18.2 Å². The van der Waals surface area contributed by atoms with Crippen molar-refractivity contribution in [2.75, 3.05) is 13.2 Å². The molecule has 4 nitrogen and oxygen atoms in total. The number of halogens is 1. The Bertz CT molecular complexity index is 553. The molecular formula is C14H20FNO3S. The van der Waals surface area contributed by atoms with Crippen molar-refractivity contribution in [1.82, 2.24) is 4.72 Å². The van der Waals surface area contributed by atoms with E-state index in [0.29, 0.717) is 0 Å². The second-order valence-corrected chi connectivity index (χ2v) is 7.21. The van der Waals surface area contributed by atoms with Crippen LogP contribution in [0.4, 0.5) is 4.39 Å². The summed E-state index contributed by atoms with van der Waals surface area (Å²) in [5.74, 6) is -0.762. The van der Waals surface area contributed by atoms with Crippen LogP contribution in [0.1, 0.15) is 32.1 Å². The molecule has 6 heteroatoms. The van der Waals surface area contributed by atoms with Crippen LogP contribution in [-0.4, -0.2) is 26.7 Å². The molecule has 2 rings (SSSR count). The lowest BCUT2D eigenvalue weighted by atomic mass is 9.75. The fraction of sp³-hybridized carbons (Fsp3) is 0.571. The summed E-state index contributed by atoms with van der Waals surface area (Å²) >= 11 is 0. The number of nitrogens with one attached hydrogen (secondary N) is 1. The SMILES string of the molecule is O=S(=O)(NCC1(CO)CCCCC1)c1ccccc1F. The average molecular weight is 301 g/mol. The van der Waals surface area contributed by atoms with Gasteiger partial charge in [-0.05, 0) is 25.0 Å². The highest BCUT2D eigenvalue weighted by molar-refractivity contribution is 7.89. The van der Waals surface area contributed by atoms with E-state index in [1.807, 2.05) is 0 Å². The summed E-state index contributed by atoms with van der Waals surface area (Å²) in [6, 6.07) is 5.30. The van der Waals surface area contributed by atoms with Crippen LogP contribution in [0.3, 0.4) is 0 Å². The molecule has 0 spiro atoms. The van der Waals surface area contributed by atoms with Gasteiger partial charge in [-0.1, -0.05) is 31.4 Å². The van der Waals surface area contributed by atoms with Gasteiger partial charge < -0.3 is 5.11 Å². The summed E-state index contributed by atoms with van der Waals surface area (Å²) in [6.45, 7) is 0.104. The van der Waals surface area contributed by atoms with Crippen LogP contribution >= 0.6 is 0 Å². The largest absolute Gasteiger partial charge is 0.396 e. The first-order chi connectivity index (χ1) is 9.49. The van der Waals surface area contributed by atoms with Gasteiger partial charge in [-0.2, -0.15) is 0 Å². The summed E-state index contributed by atoms with van der Waals surface area (Å²) in [5, 5.41) is 9.55. The van der Waals surface area contributed by atoms with Gasteiger partial charge in [-0.3, -0.25) is 0 Å². The summed E-state index contributed by atoms with van der Waals surface area (Å²) in [7, 11) is -3.87. The van der Waals surface area contributed by atoms with Crippen molar-refractivity contribution in [2.45, 2.75) is 37.0 Å².